The lowest BCUT2D eigenvalue weighted by Gasteiger charge is -2.09. The van der Waals surface area contributed by atoms with E-state index in [1.54, 1.807) is 7.11 Å². The summed E-state index contributed by atoms with van der Waals surface area (Å²) in [6.45, 7) is 0. The third kappa shape index (κ3) is 2.71. The van der Waals surface area contributed by atoms with Crippen LogP contribution in [0.5, 0.6) is 5.75 Å². The maximum atomic E-state index is 5.86. The summed E-state index contributed by atoms with van der Waals surface area (Å²) >= 11 is 0. The molecule has 3 N–H and O–H groups in total. The fourth-order valence-electron chi connectivity index (χ4n) is 2.28. The third-order valence-corrected chi connectivity index (χ3v) is 3.54. The Kier molecular flexibility index (Phi) is 3.13. The number of benzene rings is 2. The van der Waals surface area contributed by atoms with E-state index in [0.29, 0.717) is 12.0 Å². The van der Waals surface area contributed by atoms with Crippen LogP contribution in [0.2, 0.25) is 0 Å². The monoisotopic (exact) mass is 254 g/mol. The zero-order chi connectivity index (χ0) is 13.2. The Morgan fingerprint density at radius 2 is 1.84 bits per heavy atom. The van der Waals surface area contributed by atoms with Gasteiger partial charge in [-0.05, 0) is 36.2 Å². The molecule has 19 heavy (non-hydrogen) atoms. The molecule has 3 rings (SSSR count). The summed E-state index contributed by atoms with van der Waals surface area (Å²) in [7, 11) is 1.67. The maximum absolute atomic E-state index is 5.86. The van der Waals surface area contributed by atoms with Crippen molar-refractivity contribution in [3.05, 3.63) is 54.1 Å². The minimum atomic E-state index is 0.359. The molecule has 2 atom stereocenters. The fourth-order valence-corrected chi connectivity index (χ4v) is 2.28. The molecular formula is C16H18N2O. The van der Waals surface area contributed by atoms with E-state index < -0.39 is 0 Å². The van der Waals surface area contributed by atoms with E-state index in [1.807, 2.05) is 24.3 Å². The van der Waals surface area contributed by atoms with Crippen LogP contribution in [-0.4, -0.2) is 13.2 Å². The highest BCUT2D eigenvalue weighted by Crippen LogP contribution is 2.39. The van der Waals surface area contributed by atoms with E-state index in [2.05, 4.69) is 29.6 Å². The molecule has 1 fully saturated rings. The van der Waals surface area contributed by atoms with Gasteiger partial charge in [-0.3, -0.25) is 0 Å². The Morgan fingerprint density at radius 3 is 2.47 bits per heavy atom. The first-order chi connectivity index (χ1) is 9.26. The van der Waals surface area contributed by atoms with E-state index >= 15 is 0 Å². The van der Waals surface area contributed by atoms with Crippen molar-refractivity contribution in [2.75, 3.05) is 12.4 Å². The van der Waals surface area contributed by atoms with Crippen molar-refractivity contribution in [1.29, 1.82) is 0 Å². The van der Waals surface area contributed by atoms with Gasteiger partial charge in [0.25, 0.3) is 0 Å². The number of anilines is 2. The highest BCUT2D eigenvalue weighted by atomic mass is 16.5. The first-order valence-electron chi connectivity index (χ1n) is 6.53. The molecule has 1 aliphatic rings. The van der Waals surface area contributed by atoms with Crippen molar-refractivity contribution >= 4 is 11.4 Å². The molecule has 0 amide bonds. The molecule has 1 saturated carbocycles. The van der Waals surface area contributed by atoms with Crippen LogP contribution < -0.4 is 15.8 Å². The van der Waals surface area contributed by atoms with E-state index in [9.17, 15) is 0 Å². The minimum absolute atomic E-state index is 0.359. The minimum Gasteiger partial charge on any atom is -0.497 e. The van der Waals surface area contributed by atoms with Gasteiger partial charge in [0.1, 0.15) is 5.75 Å². The topological polar surface area (TPSA) is 47.3 Å². The predicted octanol–water partition coefficient (Wildman–Crippen LogP) is 3.25. The molecule has 2 aromatic carbocycles. The number of hydrogen-bond acceptors (Lipinski definition) is 3. The molecule has 1 aliphatic carbocycles. The number of nitrogens with two attached hydrogens (primary N) is 1. The van der Waals surface area contributed by atoms with Crippen LogP contribution in [0.25, 0.3) is 0 Å². The number of hydrogen-bond donors (Lipinski definition) is 2. The quantitative estimate of drug-likeness (QED) is 0.880. The van der Waals surface area contributed by atoms with Crippen molar-refractivity contribution in [3.8, 4) is 5.75 Å². The largest absolute Gasteiger partial charge is 0.497 e. The zero-order valence-corrected chi connectivity index (χ0v) is 11.0. The van der Waals surface area contributed by atoms with E-state index in [0.717, 1.165) is 23.5 Å². The van der Waals surface area contributed by atoms with Crippen LogP contribution in [0.4, 0.5) is 11.4 Å². The lowest BCUT2D eigenvalue weighted by molar-refractivity contribution is 0.415. The lowest BCUT2D eigenvalue weighted by atomic mass is 10.1. The second-order valence-corrected chi connectivity index (χ2v) is 4.99. The van der Waals surface area contributed by atoms with Gasteiger partial charge in [-0.1, -0.05) is 18.2 Å². The Labute approximate surface area is 113 Å². The number of ether oxygens (including phenoxy) is 1. The summed E-state index contributed by atoms with van der Waals surface area (Å²) in [5, 5.41) is 3.37. The second-order valence-electron chi connectivity index (χ2n) is 4.99. The number of rotatable bonds is 4. The number of methoxy groups -OCH3 is 1. The van der Waals surface area contributed by atoms with Gasteiger partial charge in [0.05, 0.1) is 7.11 Å². The predicted molar refractivity (Wildman–Crippen MR) is 78.1 cm³/mol. The third-order valence-electron chi connectivity index (χ3n) is 3.54. The van der Waals surface area contributed by atoms with Crippen LogP contribution in [0.15, 0.2) is 48.5 Å². The smallest absolute Gasteiger partial charge is 0.120 e. The SMILES string of the molecule is COc1cccc(Nc2ccc(C3CC3N)cc2)c1. The van der Waals surface area contributed by atoms with Gasteiger partial charge in [0.2, 0.25) is 0 Å². The molecule has 0 aromatic heterocycles. The van der Waals surface area contributed by atoms with Gasteiger partial charge in [-0.15, -0.1) is 0 Å². The molecule has 0 saturated heterocycles. The Balaban J connectivity index is 1.72. The molecule has 0 radical (unpaired) electrons. The molecule has 2 aromatic rings. The Bertz CT molecular complexity index is 565. The average Bonchev–Trinajstić information content (AvgIpc) is 3.17. The van der Waals surface area contributed by atoms with Gasteiger partial charge in [0, 0.05) is 29.4 Å². The van der Waals surface area contributed by atoms with Crippen LogP contribution in [-0.2, 0) is 0 Å². The van der Waals surface area contributed by atoms with Crippen molar-refractivity contribution in [2.24, 2.45) is 5.73 Å². The van der Waals surface area contributed by atoms with Crippen molar-refractivity contribution in [2.45, 2.75) is 18.4 Å². The Morgan fingerprint density at radius 1 is 1.11 bits per heavy atom. The summed E-state index contributed by atoms with van der Waals surface area (Å²) < 4.78 is 5.21. The van der Waals surface area contributed by atoms with Gasteiger partial charge >= 0.3 is 0 Å². The summed E-state index contributed by atoms with van der Waals surface area (Å²) in [6.07, 6.45) is 1.11. The summed E-state index contributed by atoms with van der Waals surface area (Å²) in [4.78, 5) is 0. The van der Waals surface area contributed by atoms with Crippen molar-refractivity contribution < 1.29 is 4.74 Å². The Hall–Kier alpha value is -2.00. The van der Waals surface area contributed by atoms with Gasteiger partial charge < -0.3 is 15.8 Å². The van der Waals surface area contributed by atoms with Gasteiger partial charge in [-0.2, -0.15) is 0 Å². The van der Waals surface area contributed by atoms with Crippen molar-refractivity contribution in [3.63, 3.8) is 0 Å². The van der Waals surface area contributed by atoms with Gasteiger partial charge in [0.15, 0.2) is 0 Å². The highest BCUT2D eigenvalue weighted by Gasteiger charge is 2.34. The van der Waals surface area contributed by atoms with Crippen molar-refractivity contribution in [1.82, 2.24) is 0 Å². The van der Waals surface area contributed by atoms with Crippen LogP contribution in [0.3, 0.4) is 0 Å². The second kappa shape index (κ2) is 4.94. The van der Waals surface area contributed by atoms with E-state index in [-0.39, 0.29) is 0 Å². The van der Waals surface area contributed by atoms with Gasteiger partial charge in [-0.25, -0.2) is 0 Å². The molecule has 2 unspecified atom stereocenters. The highest BCUT2D eigenvalue weighted by molar-refractivity contribution is 5.61. The molecular weight excluding hydrogens is 236 g/mol. The summed E-state index contributed by atoms with van der Waals surface area (Å²) in [6, 6.07) is 16.8. The molecule has 0 spiro atoms. The zero-order valence-electron chi connectivity index (χ0n) is 11.0. The molecule has 98 valence electrons. The standard InChI is InChI=1S/C16H18N2O/c1-19-14-4-2-3-13(9-14)18-12-7-5-11(6-8-12)15-10-16(15)17/h2-9,15-16,18H,10,17H2,1H3. The van der Waals surface area contributed by atoms with Crippen LogP contribution in [0.1, 0.15) is 17.9 Å². The maximum Gasteiger partial charge on any atom is 0.120 e. The van der Waals surface area contributed by atoms with Crippen LogP contribution in [0, 0.1) is 0 Å². The van der Waals surface area contributed by atoms with E-state index in [4.69, 9.17) is 10.5 Å². The van der Waals surface area contributed by atoms with Crippen LogP contribution >= 0.6 is 0 Å². The molecule has 3 heteroatoms. The molecule has 0 aliphatic heterocycles. The molecule has 0 bridgehead atoms. The first-order valence-corrected chi connectivity index (χ1v) is 6.53. The summed E-state index contributed by atoms with van der Waals surface area (Å²) in [5.74, 6) is 1.41. The lowest BCUT2D eigenvalue weighted by Crippen LogP contribution is -2.00. The molecule has 0 heterocycles. The summed E-state index contributed by atoms with van der Waals surface area (Å²) in [5.41, 5.74) is 9.30. The average molecular weight is 254 g/mol. The van der Waals surface area contributed by atoms with E-state index in [1.165, 1.54) is 5.56 Å². The first kappa shape index (κ1) is 12.1. The number of nitrogens with one attached hydrogen (secondary N) is 1. The fraction of sp³-hybridized carbons (Fsp3) is 0.250. The normalized spacial score (nSPS) is 20.9. The molecule has 3 nitrogen and oxygen atoms in total.